The molecule has 0 spiro atoms. The van der Waals surface area contributed by atoms with Gasteiger partial charge in [-0.2, -0.15) is 0 Å². The standard InChI is InChI=1S/C22H28N2O4/c1-3-10-23-21(26)15-8-11-24(12-9-15)14-19-17-7-5-4-6-16(17)13-18(20(19)25)22(27)28-2/h4-7,13,15,25H,3,8-12,14H2,1-2H3,(H,23,26). The number of hydrogen-bond acceptors (Lipinski definition) is 5. The lowest BCUT2D eigenvalue weighted by molar-refractivity contribution is -0.126. The molecule has 1 heterocycles. The van der Waals surface area contributed by atoms with Crippen LogP contribution < -0.4 is 5.32 Å². The number of likely N-dealkylation sites (tertiary alicyclic amines) is 1. The van der Waals surface area contributed by atoms with Crippen molar-refractivity contribution in [1.82, 2.24) is 10.2 Å². The number of ether oxygens (including phenoxy) is 1. The number of aromatic hydroxyl groups is 1. The Bertz CT molecular complexity index is 857. The first-order valence-corrected chi connectivity index (χ1v) is 9.87. The van der Waals surface area contributed by atoms with Gasteiger partial charge in [-0.05, 0) is 49.2 Å². The van der Waals surface area contributed by atoms with E-state index < -0.39 is 5.97 Å². The predicted octanol–water partition coefficient (Wildman–Crippen LogP) is 3.07. The van der Waals surface area contributed by atoms with E-state index in [1.54, 1.807) is 6.07 Å². The molecule has 0 aliphatic carbocycles. The van der Waals surface area contributed by atoms with Gasteiger partial charge in [0.15, 0.2) is 0 Å². The van der Waals surface area contributed by atoms with Crippen LogP contribution in [0.4, 0.5) is 0 Å². The number of methoxy groups -OCH3 is 1. The van der Waals surface area contributed by atoms with E-state index in [-0.39, 0.29) is 23.1 Å². The molecule has 0 bridgehead atoms. The van der Waals surface area contributed by atoms with Gasteiger partial charge in [0, 0.05) is 24.6 Å². The van der Waals surface area contributed by atoms with Crippen LogP contribution in [-0.4, -0.2) is 48.6 Å². The number of carbonyl (C=O) groups is 2. The first kappa shape index (κ1) is 20.1. The van der Waals surface area contributed by atoms with Crippen LogP contribution in [0.1, 0.15) is 42.1 Å². The molecule has 1 saturated heterocycles. The number of esters is 1. The maximum absolute atomic E-state index is 12.2. The van der Waals surface area contributed by atoms with Crippen LogP contribution in [-0.2, 0) is 16.1 Å². The highest BCUT2D eigenvalue weighted by Gasteiger charge is 2.26. The number of benzene rings is 2. The second kappa shape index (κ2) is 9.06. The first-order valence-electron chi connectivity index (χ1n) is 9.87. The molecule has 6 nitrogen and oxygen atoms in total. The molecule has 0 radical (unpaired) electrons. The minimum atomic E-state index is -0.546. The van der Waals surface area contributed by atoms with Gasteiger partial charge in [0.1, 0.15) is 11.3 Å². The maximum Gasteiger partial charge on any atom is 0.341 e. The molecule has 2 aromatic rings. The Morgan fingerprint density at radius 3 is 2.64 bits per heavy atom. The van der Waals surface area contributed by atoms with Crippen LogP contribution in [0.3, 0.4) is 0 Å². The van der Waals surface area contributed by atoms with Crippen LogP contribution in [0.25, 0.3) is 10.8 Å². The fourth-order valence-corrected chi connectivity index (χ4v) is 3.81. The van der Waals surface area contributed by atoms with Gasteiger partial charge in [0.2, 0.25) is 5.91 Å². The highest BCUT2D eigenvalue weighted by atomic mass is 16.5. The van der Waals surface area contributed by atoms with Crippen molar-refractivity contribution in [3.8, 4) is 5.75 Å². The van der Waals surface area contributed by atoms with Gasteiger partial charge < -0.3 is 15.2 Å². The van der Waals surface area contributed by atoms with Crippen LogP contribution in [0.5, 0.6) is 5.75 Å². The van der Waals surface area contributed by atoms with Crippen molar-refractivity contribution < 1.29 is 19.4 Å². The summed E-state index contributed by atoms with van der Waals surface area (Å²) in [6.07, 6.45) is 2.53. The van der Waals surface area contributed by atoms with E-state index in [1.165, 1.54) is 7.11 Å². The molecule has 1 aliphatic heterocycles. The lowest BCUT2D eigenvalue weighted by Crippen LogP contribution is -2.40. The molecule has 150 valence electrons. The maximum atomic E-state index is 12.2. The average Bonchev–Trinajstić information content (AvgIpc) is 2.73. The molecule has 1 aliphatic rings. The third kappa shape index (κ3) is 4.28. The Hall–Kier alpha value is -2.60. The van der Waals surface area contributed by atoms with Crippen molar-refractivity contribution in [2.24, 2.45) is 5.92 Å². The zero-order valence-corrected chi connectivity index (χ0v) is 16.5. The molecule has 6 heteroatoms. The number of hydrogen-bond donors (Lipinski definition) is 2. The van der Waals surface area contributed by atoms with Crippen LogP contribution in [0, 0.1) is 5.92 Å². The smallest absolute Gasteiger partial charge is 0.341 e. The molecule has 2 aromatic carbocycles. The van der Waals surface area contributed by atoms with Gasteiger partial charge >= 0.3 is 5.97 Å². The van der Waals surface area contributed by atoms with Gasteiger partial charge in [-0.25, -0.2) is 4.79 Å². The third-order valence-corrected chi connectivity index (χ3v) is 5.42. The number of phenolic OH excluding ortho intramolecular Hbond substituents is 1. The lowest BCUT2D eigenvalue weighted by atomic mass is 9.94. The Morgan fingerprint density at radius 2 is 1.96 bits per heavy atom. The fraction of sp³-hybridized carbons (Fsp3) is 0.455. The quantitative estimate of drug-likeness (QED) is 0.749. The molecule has 2 N–H and O–H groups in total. The molecule has 1 fully saturated rings. The van der Waals surface area contributed by atoms with Crippen molar-refractivity contribution >= 4 is 22.6 Å². The van der Waals surface area contributed by atoms with Crippen LogP contribution >= 0.6 is 0 Å². The van der Waals surface area contributed by atoms with Gasteiger partial charge in [-0.3, -0.25) is 9.69 Å². The Kier molecular flexibility index (Phi) is 6.52. The summed E-state index contributed by atoms with van der Waals surface area (Å²) >= 11 is 0. The summed E-state index contributed by atoms with van der Waals surface area (Å²) in [5, 5.41) is 15.6. The number of carbonyl (C=O) groups excluding carboxylic acids is 2. The number of phenols is 1. The molecular formula is C22H28N2O4. The van der Waals surface area contributed by atoms with E-state index in [9.17, 15) is 14.7 Å². The SMILES string of the molecule is CCCNC(=O)C1CCN(Cc2c(O)c(C(=O)OC)cc3ccccc23)CC1. The largest absolute Gasteiger partial charge is 0.507 e. The summed E-state index contributed by atoms with van der Waals surface area (Å²) in [4.78, 5) is 26.5. The van der Waals surface area contributed by atoms with Gasteiger partial charge in [0.25, 0.3) is 0 Å². The number of rotatable bonds is 6. The molecule has 3 rings (SSSR count). The molecule has 0 aromatic heterocycles. The topological polar surface area (TPSA) is 78.9 Å². The highest BCUT2D eigenvalue weighted by molar-refractivity contribution is 6.00. The molecule has 0 unspecified atom stereocenters. The number of amides is 1. The molecule has 0 saturated carbocycles. The van der Waals surface area contributed by atoms with Crippen LogP contribution in [0.2, 0.25) is 0 Å². The van der Waals surface area contributed by atoms with Crippen molar-refractivity contribution in [2.45, 2.75) is 32.7 Å². The van der Waals surface area contributed by atoms with E-state index in [2.05, 4.69) is 10.2 Å². The zero-order valence-electron chi connectivity index (χ0n) is 16.5. The van der Waals surface area contributed by atoms with Gasteiger partial charge in [0.05, 0.1) is 7.11 Å². The van der Waals surface area contributed by atoms with E-state index in [4.69, 9.17) is 4.74 Å². The number of nitrogens with one attached hydrogen (secondary N) is 1. The van der Waals surface area contributed by atoms with Crippen molar-refractivity contribution in [2.75, 3.05) is 26.7 Å². The molecule has 0 atom stereocenters. The number of nitrogens with zero attached hydrogens (tertiary/aromatic N) is 1. The van der Waals surface area contributed by atoms with Crippen molar-refractivity contribution in [3.05, 3.63) is 41.5 Å². The monoisotopic (exact) mass is 384 g/mol. The third-order valence-electron chi connectivity index (χ3n) is 5.42. The van der Waals surface area contributed by atoms with E-state index in [0.717, 1.165) is 55.2 Å². The number of fused-ring (bicyclic) bond motifs is 1. The normalized spacial score (nSPS) is 15.5. The molecular weight excluding hydrogens is 356 g/mol. The lowest BCUT2D eigenvalue weighted by Gasteiger charge is -2.31. The Morgan fingerprint density at radius 1 is 1.25 bits per heavy atom. The minimum Gasteiger partial charge on any atom is -0.507 e. The van der Waals surface area contributed by atoms with Gasteiger partial charge in [-0.15, -0.1) is 0 Å². The Labute approximate surface area is 165 Å². The summed E-state index contributed by atoms with van der Waals surface area (Å²) in [6.45, 7) is 4.85. The predicted molar refractivity (Wildman–Crippen MR) is 108 cm³/mol. The average molecular weight is 384 g/mol. The van der Waals surface area contributed by atoms with E-state index >= 15 is 0 Å². The van der Waals surface area contributed by atoms with Crippen molar-refractivity contribution in [3.63, 3.8) is 0 Å². The zero-order chi connectivity index (χ0) is 20.1. The second-order valence-corrected chi connectivity index (χ2v) is 7.31. The summed E-state index contributed by atoms with van der Waals surface area (Å²) in [5.41, 5.74) is 0.914. The van der Waals surface area contributed by atoms with E-state index in [1.807, 2.05) is 31.2 Å². The Balaban J connectivity index is 1.78. The van der Waals surface area contributed by atoms with Crippen molar-refractivity contribution in [1.29, 1.82) is 0 Å². The minimum absolute atomic E-state index is 0.0200. The highest BCUT2D eigenvalue weighted by Crippen LogP contribution is 2.33. The molecule has 28 heavy (non-hydrogen) atoms. The summed E-state index contributed by atoms with van der Waals surface area (Å²) in [6, 6.07) is 9.38. The summed E-state index contributed by atoms with van der Waals surface area (Å²) in [5.74, 6) is -0.374. The van der Waals surface area contributed by atoms with Crippen LogP contribution in [0.15, 0.2) is 30.3 Å². The number of piperidine rings is 1. The first-order chi connectivity index (χ1) is 13.5. The fourth-order valence-electron chi connectivity index (χ4n) is 3.81. The van der Waals surface area contributed by atoms with E-state index in [0.29, 0.717) is 6.54 Å². The summed E-state index contributed by atoms with van der Waals surface area (Å²) in [7, 11) is 1.31. The summed E-state index contributed by atoms with van der Waals surface area (Å²) < 4.78 is 4.83. The molecule has 1 amide bonds. The van der Waals surface area contributed by atoms with Gasteiger partial charge in [-0.1, -0.05) is 31.2 Å². The second-order valence-electron chi connectivity index (χ2n) is 7.31.